The van der Waals surface area contributed by atoms with Crippen LogP contribution in [0, 0.1) is 6.92 Å². The molecule has 1 rings (SSSR count). The number of carbonyl (C=O) groups excluding carboxylic acids is 2. The molecule has 6 heteroatoms. The van der Waals surface area contributed by atoms with Gasteiger partial charge in [-0.15, -0.1) is 0 Å². The molecule has 0 aliphatic carbocycles. The number of ether oxygens (including phenoxy) is 2. The summed E-state index contributed by atoms with van der Waals surface area (Å²) in [6.45, 7) is 0.985. The molecule has 0 fully saturated rings. The lowest BCUT2D eigenvalue weighted by Crippen LogP contribution is -2.13. The SMILES string of the molecule is Cc1ccc(C(=O)OCCO)cc1C(=O)OCCO. The first-order valence-corrected chi connectivity index (χ1v) is 5.76. The van der Waals surface area contributed by atoms with E-state index >= 15 is 0 Å². The van der Waals surface area contributed by atoms with Crippen LogP contribution in [0.2, 0.25) is 0 Å². The minimum absolute atomic E-state index is 0.0997. The first kappa shape index (κ1) is 15.1. The van der Waals surface area contributed by atoms with Crippen LogP contribution in [0.15, 0.2) is 18.2 Å². The summed E-state index contributed by atoms with van der Waals surface area (Å²) in [6.07, 6.45) is 0. The van der Waals surface area contributed by atoms with Gasteiger partial charge in [0.25, 0.3) is 0 Å². The van der Waals surface area contributed by atoms with Crippen LogP contribution in [0.25, 0.3) is 0 Å². The van der Waals surface area contributed by atoms with E-state index in [1.165, 1.54) is 12.1 Å². The molecule has 0 saturated heterocycles. The molecule has 0 saturated carbocycles. The molecular weight excluding hydrogens is 252 g/mol. The second kappa shape index (κ2) is 7.50. The number of rotatable bonds is 6. The molecule has 0 amide bonds. The van der Waals surface area contributed by atoms with Crippen LogP contribution in [-0.2, 0) is 9.47 Å². The Hall–Kier alpha value is -1.92. The molecule has 0 atom stereocenters. The van der Waals surface area contributed by atoms with Crippen LogP contribution in [0.4, 0.5) is 0 Å². The zero-order valence-corrected chi connectivity index (χ0v) is 10.6. The van der Waals surface area contributed by atoms with Gasteiger partial charge < -0.3 is 19.7 Å². The lowest BCUT2D eigenvalue weighted by molar-refractivity contribution is 0.0429. The molecule has 0 aromatic heterocycles. The predicted molar refractivity (Wildman–Crippen MR) is 65.9 cm³/mol. The minimum atomic E-state index is -0.620. The topological polar surface area (TPSA) is 93.1 Å². The van der Waals surface area contributed by atoms with Gasteiger partial charge in [0.1, 0.15) is 13.2 Å². The smallest absolute Gasteiger partial charge is 0.338 e. The van der Waals surface area contributed by atoms with Crippen molar-refractivity contribution in [3.05, 3.63) is 34.9 Å². The molecule has 0 aliphatic heterocycles. The van der Waals surface area contributed by atoms with Gasteiger partial charge in [0.2, 0.25) is 0 Å². The fraction of sp³-hybridized carbons (Fsp3) is 0.385. The molecule has 0 heterocycles. The van der Waals surface area contributed by atoms with Crippen molar-refractivity contribution in [3.8, 4) is 0 Å². The van der Waals surface area contributed by atoms with Gasteiger partial charge in [-0.1, -0.05) is 6.07 Å². The van der Waals surface area contributed by atoms with Crippen LogP contribution in [0.3, 0.4) is 0 Å². The maximum absolute atomic E-state index is 11.7. The Bertz CT molecular complexity index is 454. The van der Waals surface area contributed by atoms with Crippen LogP contribution >= 0.6 is 0 Å². The Morgan fingerprint density at radius 3 is 2.21 bits per heavy atom. The maximum atomic E-state index is 11.7. The summed E-state index contributed by atoms with van der Waals surface area (Å²) in [4.78, 5) is 23.3. The Morgan fingerprint density at radius 1 is 1.05 bits per heavy atom. The maximum Gasteiger partial charge on any atom is 0.338 e. The number of benzene rings is 1. The van der Waals surface area contributed by atoms with E-state index in [0.717, 1.165) is 0 Å². The number of aliphatic hydroxyl groups excluding tert-OH is 2. The van der Waals surface area contributed by atoms with Crippen molar-refractivity contribution in [2.45, 2.75) is 6.92 Å². The molecule has 0 radical (unpaired) electrons. The van der Waals surface area contributed by atoms with E-state index in [4.69, 9.17) is 19.7 Å². The van der Waals surface area contributed by atoms with E-state index in [-0.39, 0.29) is 37.6 Å². The standard InChI is InChI=1S/C13H16O6/c1-9-2-3-10(12(16)18-6-4-14)8-11(9)13(17)19-7-5-15/h2-3,8,14-15H,4-7H2,1H3. The Balaban J connectivity index is 2.87. The van der Waals surface area contributed by atoms with Crippen molar-refractivity contribution in [1.29, 1.82) is 0 Å². The largest absolute Gasteiger partial charge is 0.460 e. The molecule has 2 N–H and O–H groups in total. The number of esters is 2. The first-order chi connectivity index (χ1) is 9.10. The van der Waals surface area contributed by atoms with Gasteiger partial charge in [0.05, 0.1) is 24.3 Å². The molecule has 1 aromatic carbocycles. The zero-order valence-electron chi connectivity index (χ0n) is 10.6. The highest BCUT2D eigenvalue weighted by atomic mass is 16.5. The van der Waals surface area contributed by atoms with E-state index in [1.807, 2.05) is 0 Å². The third-order valence-corrected chi connectivity index (χ3v) is 2.34. The fourth-order valence-corrected chi connectivity index (χ4v) is 1.41. The van der Waals surface area contributed by atoms with Gasteiger partial charge in [-0.05, 0) is 24.6 Å². The average Bonchev–Trinajstić information content (AvgIpc) is 2.42. The second-order valence-electron chi connectivity index (χ2n) is 3.75. The summed E-state index contributed by atoms with van der Waals surface area (Å²) in [5.74, 6) is -1.23. The highest BCUT2D eigenvalue weighted by Crippen LogP contribution is 2.13. The number of carbonyl (C=O) groups is 2. The predicted octanol–water partition coefficient (Wildman–Crippen LogP) is 0.293. The van der Waals surface area contributed by atoms with E-state index < -0.39 is 11.9 Å². The number of hydrogen-bond donors (Lipinski definition) is 2. The average molecular weight is 268 g/mol. The van der Waals surface area contributed by atoms with Crippen LogP contribution in [-0.4, -0.2) is 48.6 Å². The minimum Gasteiger partial charge on any atom is -0.460 e. The van der Waals surface area contributed by atoms with E-state index in [0.29, 0.717) is 5.56 Å². The first-order valence-electron chi connectivity index (χ1n) is 5.76. The van der Waals surface area contributed by atoms with E-state index in [2.05, 4.69) is 0 Å². The fourth-order valence-electron chi connectivity index (χ4n) is 1.41. The van der Waals surface area contributed by atoms with Crippen molar-refractivity contribution in [3.63, 3.8) is 0 Å². The van der Waals surface area contributed by atoms with E-state index in [9.17, 15) is 9.59 Å². The van der Waals surface area contributed by atoms with Gasteiger partial charge in [-0.2, -0.15) is 0 Å². The van der Waals surface area contributed by atoms with Crippen LogP contribution < -0.4 is 0 Å². The van der Waals surface area contributed by atoms with Gasteiger partial charge in [-0.25, -0.2) is 9.59 Å². The lowest BCUT2D eigenvalue weighted by atomic mass is 10.1. The van der Waals surface area contributed by atoms with E-state index in [1.54, 1.807) is 13.0 Å². The second-order valence-corrected chi connectivity index (χ2v) is 3.75. The number of aryl methyl sites for hydroxylation is 1. The highest BCUT2D eigenvalue weighted by molar-refractivity contribution is 5.96. The molecule has 0 aliphatic rings. The molecule has 1 aromatic rings. The Kier molecular flexibility index (Phi) is 5.98. The summed E-state index contributed by atoms with van der Waals surface area (Å²) >= 11 is 0. The third kappa shape index (κ3) is 4.35. The van der Waals surface area contributed by atoms with Gasteiger partial charge in [0, 0.05) is 0 Å². The van der Waals surface area contributed by atoms with Crippen molar-refractivity contribution in [2.75, 3.05) is 26.4 Å². The highest BCUT2D eigenvalue weighted by Gasteiger charge is 2.15. The van der Waals surface area contributed by atoms with Crippen LogP contribution in [0.5, 0.6) is 0 Å². The molecule has 104 valence electrons. The Morgan fingerprint density at radius 2 is 1.63 bits per heavy atom. The monoisotopic (exact) mass is 268 g/mol. The van der Waals surface area contributed by atoms with Gasteiger partial charge >= 0.3 is 11.9 Å². The molecule has 19 heavy (non-hydrogen) atoms. The summed E-state index contributed by atoms with van der Waals surface area (Å²) < 4.78 is 9.54. The lowest BCUT2D eigenvalue weighted by Gasteiger charge is -2.08. The quantitative estimate of drug-likeness (QED) is 0.720. The molecule has 6 nitrogen and oxygen atoms in total. The zero-order chi connectivity index (χ0) is 14.3. The van der Waals surface area contributed by atoms with Crippen molar-refractivity contribution < 1.29 is 29.3 Å². The Labute approximate surface area is 110 Å². The summed E-state index contributed by atoms with van der Waals surface area (Å²) in [5, 5.41) is 17.2. The number of hydrogen-bond acceptors (Lipinski definition) is 6. The van der Waals surface area contributed by atoms with Crippen molar-refractivity contribution in [1.82, 2.24) is 0 Å². The summed E-state index contributed by atoms with van der Waals surface area (Å²) in [5.41, 5.74) is 1.10. The van der Waals surface area contributed by atoms with Crippen LogP contribution in [0.1, 0.15) is 26.3 Å². The summed E-state index contributed by atoms with van der Waals surface area (Å²) in [7, 11) is 0. The van der Waals surface area contributed by atoms with Gasteiger partial charge in [-0.3, -0.25) is 0 Å². The molecular formula is C13H16O6. The van der Waals surface area contributed by atoms with Gasteiger partial charge in [0.15, 0.2) is 0 Å². The third-order valence-electron chi connectivity index (χ3n) is 2.34. The van der Waals surface area contributed by atoms with Crippen molar-refractivity contribution in [2.24, 2.45) is 0 Å². The number of aliphatic hydroxyl groups is 2. The molecule has 0 bridgehead atoms. The normalized spacial score (nSPS) is 10.1. The molecule has 0 spiro atoms. The van der Waals surface area contributed by atoms with Crippen molar-refractivity contribution >= 4 is 11.9 Å². The molecule has 0 unspecified atom stereocenters. The summed E-state index contributed by atoms with van der Waals surface area (Å²) in [6, 6.07) is 4.50.